The van der Waals surface area contributed by atoms with Gasteiger partial charge in [0.05, 0.1) is 24.9 Å². The van der Waals surface area contributed by atoms with Crippen LogP contribution in [0, 0.1) is 6.92 Å². The van der Waals surface area contributed by atoms with Crippen molar-refractivity contribution in [2.45, 2.75) is 13.1 Å². The van der Waals surface area contributed by atoms with Crippen LogP contribution < -0.4 is 15.0 Å². The summed E-state index contributed by atoms with van der Waals surface area (Å²) in [5, 5.41) is 2.67. The number of anilines is 1. The molecule has 1 aliphatic heterocycles. The highest BCUT2D eigenvalue weighted by atomic mass is 16.5. The van der Waals surface area contributed by atoms with Crippen molar-refractivity contribution >= 4 is 17.5 Å². The Morgan fingerprint density at radius 3 is 2.65 bits per heavy atom. The van der Waals surface area contributed by atoms with E-state index < -0.39 is 6.17 Å². The first kappa shape index (κ1) is 17.8. The minimum Gasteiger partial charge on any atom is -0.496 e. The van der Waals surface area contributed by atoms with Gasteiger partial charge < -0.3 is 19.9 Å². The van der Waals surface area contributed by atoms with Crippen molar-refractivity contribution in [3.05, 3.63) is 59.2 Å². The van der Waals surface area contributed by atoms with Crippen molar-refractivity contribution in [1.82, 2.24) is 10.2 Å². The third-order valence-corrected chi connectivity index (χ3v) is 4.68. The van der Waals surface area contributed by atoms with Gasteiger partial charge in [0.25, 0.3) is 5.91 Å². The van der Waals surface area contributed by atoms with E-state index in [1.807, 2.05) is 48.2 Å². The molecule has 0 fully saturated rings. The van der Waals surface area contributed by atoms with Gasteiger partial charge in [-0.25, -0.2) is 0 Å². The zero-order chi connectivity index (χ0) is 18.8. The van der Waals surface area contributed by atoms with Crippen molar-refractivity contribution in [1.29, 1.82) is 0 Å². The summed E-state index contributed by atoms with van der Waals surface area (Å²) >= 11 is 0. The van der Waals surface area contributed by atoms with Crippen molar-refractivity contribution in [2.24, 2.45) is 0 Å². The van der Waals surface area contributed by atoms with Crippen molar-refractivity contribution in [2.75, 3.05) is 32.6 Å². The standard InChI is InChI=1S/C20H23N3O3/c1-13-9-10-17(26-4)15(11-13)19-22(3)20(25)14-7-5-6-8-16(14)23(19)12-18(24)21-2/h5-11,19H,12H2,1-4H3,(H,21,24)/t19-/m0/s1. The largest absolute Gasteiger partial charge is 0.496 e. The molecule has 0 saturated carbocycles. The lowest BCUT2D eigenvalue weighted by Gasteiger charge is -2.44. The summed E-state index contributed by atoms with van der Waals surface area (Å²) in [5.74, 6) is 0.475. The van der Waals surface area contributed by atoms with E-state index in [2.05, 4.69) is 5.32 Å². The number of hydrogen-bond acceptors (Lipinski definition) is 4. The average Bonchev–Trinajstić information content (AvgIpc) is 2.66. The van der Waals surface area contributed by atoms with Crippen LogP contribution in [-0.4, -0.2) is 44.5 Å². The molecule has 3 rings (SSSR count). The second-order valence-corrected chi connectivity index (χ2v) is 6.35. The molecule has 0 radical (unpaired) electrons. The number of carbonyl (C=O) groups is 2. The predicted molar refractivity (Wildman–Crippen MR) is 100 cm³/mol. The summed E-state index contributed by atoms with van der Waals surface area (Å²) in [6, 6.07) is 13.2. The molecule has 2 amide bonds. The molecular weight excluding hydrogens is 330 g/mol. The Morgan fingerprint density at radius 1 is 1.23 bits per heavy atom. The van der Waals surface area contributed by atoms with Crippen LogP contribution in [0.1, 0.15) is 27.7 Å². The van der Waals surface area contributed by atoms with Crippen LogP contribution in [0.25, 0.3) is 0 Å². The van der Waals surface area contributed by atoms with Crippen molar-refractivity contribution < 1.29 is 14.3 Å². The molecule has 0 unspecified atom stereocenters. The first-order valence-corrected chi connectivity index (χ1v) is 8.46. The fourth-order valence-corrected chi connectivity index (χ4v) is 3.38. The number of nitrogens with zero attached hydrogens (tertiary/aromatic N) is 2. The first-order chi connectivity index (χ1) is 12.5. The SMILES string of the molecule is CNC(=O)CN1c2ccccc2C(=O)N(C)[C@@H]1c1cc(C)ccc1OC. The number of benzene rings is 2. The number of aryl methyl sites for hydroxylation is 1. The van der Waals surface area contributed by atoms with Gasteiger partial charge in [-0.15, -0.1) is 0 Å². The van der Waals surface area contributed by atoms with Crippen LogP contribution in [0.2, 0.25) is 0 Å². The number of methoxy groups -OCH3 is 1. The summed E-state index contributed by atoms with van der Waals surface area (Å²) in [4.78, 5) is 28.7. The Kier molecular flexibility index (Phi) is 4.84. The molecular formula is C20H23N3O3. The number of nitrogens with one attached hydrogen (secondary N) is 1. The third kappa shape index (κ3) is 2.98. The summed E-state index contributed by atoms with van der Waals surface area (Å²) < 4.78 is 5.54. The topological polar surface area (TPSA) is 61.9 Å². The normalized spacial score (nSPS) is 16.3. The Balaban J connectivity index is 2.20. The maximum atomic E-state index is 12.9. The van der Waals surface area contributed by atoms with E-state index in [0.717, 1.165) is 16.8 Å². The van der Waals surface area contributed by atoms with E-state index in [-0.39, 0.29) is 18.4 Å². The van der Waals surface area contributed by atoms with Crippen molar-refractivity contribution in [3.63, 3.8) is 0 Å². The molecule has 136 valence electrons. The van der Waals surface area contributed by atoms with Gasteiger partial charge in [-0.3, -0.25) is 9.59 Å². The number of hydrogen-bond donors (Lipinski definition) is 1. The fourth-order valence-electron chi connectivity index (χ4n) is 3.38. The fraction of sp³-hybridized carbons (Fsp3) is 0.300. The average molecular weight is 353 g/mol. The van der Waals surface area contributed by atoms with Gasteiger partial charge >= 0.3 is 0 Å². The monoisotopic (exact) mass is 353 g/mol. The molecule has 1 N–H and O–H groups in total. The van der Waals surface area contributed by atoms with Crippen LogP contribution in [0.15, 0.2) is 42.5 Å². The van der Waals surface area contributed by atoms with Crippen LogP contribution >= 0.6 is 0 Å². The molecule has 2 aromatic carbocycles. The second-order valence-electron chi connectivity index (χ2n) is 6.35. The lowest BCUT2D eigenvalue weighted by atomic mass is 9.99. The number of likely N-dealkylation sites (N-methyl/N-ethyl adjacent to an activating group) is 1. The zero-order valence-electron chi connectivity index (χ0n) is 15.4. The number of ether oxygens (including phenoxy) is 1. The van der Waals surface area contributed by atoms with Gasteiger partial charge in [0.15, 0.2) is 0 Å². The number of rotatable bonds is 4. The van der Waals surface area contributed by atoms with E-state index in [1.54, 1.807) is 32.2 Å². The molecule has 1 aliphatic rings. The summed E-state index contributed by atoms with van der Waals surface area (Å²) in [6.45, 7) is 2.12. The minimum atomic E-state index is -0.440. The molecule has 0 bridgehead atoms. The van der Waals surface area contributed by atoms with E-state index in [0.29, 0.717) is 11.3 Å². The number of fused-ring (bicyclic) bond motifs is 1. The highest BCUT2D eigenvalue weighted by Gasteiger charge is 2.38. The van der Waals surface area contributed by atoms with Crippen LogP contribution in [0.3, 0.4) is 0 Å². The van der Waals surface area contributed by atoms with Crippen LogP contribution in [0.5, 0.6) is 5.75 Å². The Labute approximate surface area is 153 Å². The molecule has 0 saturated heterocycles. The first-order valence-electron chi connectivity index (χ1n) is 8.46. The molecule has 1 atom stereocenters. The van der Waals surface area contributed by atoms with E-state index in [9.17, 15) is 9.59 Å². The third-order valence-electron chi connectivity index (χ3n) is 4.68. The lowest BCUT2D eigenvalue weighted by molar-refractivity contribution is -0.119. The molecule has 2 aromatic rings. The van der Waals surface area contributed by atoms with Gasteiger partial charge in [-0.2, -0.15) is 0 Å². The maximum absolute atomic E-state index is 12.9. The van der Waals surface area contributed by atoms with Gasteiger partial charge in [0.1, 0.15) is 11.9 Å². The molecule has 1 heterocycles. The van der Waals surface area contributed by atoms with E-state index in [1.165, 1.54) is 0 Å². The molecule has 6 heteroatoms. The van der Waals surface area contributed by atoms with Gasteiger partial charge in [-0.05, 0) is 31.2 Å². The molecule has 6 nitrogen and oxygen atoms in total. The minimum absolute atomic E-state index is 0.0812. The summed E-state index contributed by atoms with van der Waals surface area (Å²) in [5.41, 5.74) is 3.23. The number of para-hydroxylation sites is 1. The lowest BCUT2D eigenvalue weighted by Crippen LogP contribution is -2.50. The second kappa shape index (κ2) is 7.07. The Morgan fingerprint density at radius 2 is 1.96 bits per heavy atom. The molecule has 26 heavy (non-hydrogen) atoms. The zero-order valence-corrected chi connectivity index (χ0v) is 15.4. The van der Waals surface area contributed by atoms with Crippen molar-refractivity contribution in [3.8, 4) is 5.75 Å². The Bertz CT molecular complexity index is 850. The van der Waals surface area contributed by atoms with E-state index in [4.69, 9.17) is 4.74 Å². The molecule has 0 aromatic heterocycles. The van der Waals surface area contributed by atoms with Crippen LogP contribution in [0.4, 0.5) is 5.69 Å². The smallest absolute Gasteiger partial charge is 0.257 e. The van der Waals surface area contributed by atoms with Gasteiger partial charge in [0.2, 0.25) is 5.91 Å². The maximum Gasteiger partial charge on any atom is 0.257 e. The highest BCUT2D eigenvalue weighted by Crippen LogP contribution is 2.40. The van der Waals surface area contributed by atoms with Gasteiger partial charge in [-0.1, -0.05) is 23.8 Å². The van der Waals surface area contributed by atoms with E-state index >= 15 is 0 Å². The summed E-state index contributed by atoms with van der Waals surface area (Å²) in [6.07, 6.45) is -0.440. The van der Waals surface area contributed by atoms with Crippen LogP contribution in [-0.2, 0) is 4.79 Å². The molecule has 0 spiro atoms. The van der Waals surface area contributed by atoms with Gasteiger partial charge in [0, 0.05) is 19.7 Å². The predicted octanol–water partition coefficient (Wildman–Crippen LogP) is 2.34. The number of amides is 2. The number of carbonyl (C=O) groups excluding carboxylic acids is 2. The Hall–Kier alpha value is -3.02. The highest BCUT2D eigenvalue weighted by molar-refractivity contribution is 6.02. The quantitative estimate of drug-likeness (QED) is 0.916. The summed E-state index contributed by atoms with van der Waals surface area (Å²) in [7, 11) is 4.97. The molecule has 0 aliphatic carbocycles.